The highest BCUT2D eigenvalue weighted by atomic mass is 16.1. The Morgan fingerprint density at radius 3 is 2.90 bits per heavy atom. The molecule has 0 fully saturated rings. The van der Waals surface area contributed by atoms with Crippen LogP contribution in [0.15, 0.2) is 42.7 Å². The summed E-state index contributed by atoms with van der Waals surface area (Å²) < 4.78 is 0. The number of carbonyl (C=O) groups is 1. The molecule has 3 N–H and O–H groups in total. The third-order valence-corrected chi connectivity index (χ3v) is 2.96. The van der Waals surface area contributed by atoms with E-state index in [2.05, 4.69) is 25.6 Å². The molecule has 0 spiro atoms. The second-order valence-corrected chi connectivity index (χ2v) is 4.23. The summed E-state index contributed by atoms with van der Waals surface area (Å²) in [4.78, 5) is 23.5. The van der Waals surface area contributed by atoms with Crippen LogP contribution < -0.4 is 10.6 Å². The predicted octanol–water partition coefficient (Wildman–Crippen LogP) is 2.25. The maximum atomic E-state index is 12.2. The maximum absolute atomic E-state index is 12.2. The van der Waals surface area contributed by atoms with E-state index in [-0.39, 0.29) is 5.91 Å². The van der Waals surface area contributed by atoms with Crippen molar-refractivity contribution in [2.75, 3.05) is 17.7 Å². The number of hydrogen-bond acceptors (Lipinski definition) is 4. The van der Waals surface area contributed by atoms with Crippen LogP contribution in [0, 0.1) is 0 Å². The van der Waals surface area contributed by atoms with Crippen molar-refractivity contribution in [1.82, 2.24) is 15.0 Å². The molecule has 100 valence electrons. The summed E-state index contributed by atoms with van der Waals surface area (Å²) in [6.45, 7) is 0. The lowest BCUT2D eigenvalue weighted by atomic mass is 10.2. The van der Waals surface area contributed by atoms with E-state index in [4.69, 9.17) is 0 Å². The van der Waals surface area contributed by atoms with Crippen LogP contribution in [0.5, 0.6) is 0 Å². The lowest BCUT2D eigenvalue weighted by Gasteiger charge is -2.07. The largest absolute Gasteiger partial charge is 0.387 e. The second-order valence-electron chi connectivity index (χ2n) is 4.23. The number of nitrogens with zero attached hydrogens (tertiary/aromatic N) is 2. The SMILES string of the molecule is CNc1ccncc1C(=O)Nc1nc2ccccc2[nH]1. The molecule has 0 bridgehead atoms. The molecule has 0 aliphatic rings. The number of H-pyrrole nitrogens is 1. The molecule has 6 nitrogen and oxygen atoms in total. The van der Waals surface area contributed by atoms with Gasteiger partial charge in [0.25, 0.3) is 5.91 Å². The van der Waals surface area contributed by atoms with E-state index >= 15 is 0 Å². The zero-order valence-corrected chi connectivity index (χ0v) is 10.8. The number of amides is 1. The highest BCUT2D eigenvalue weighted by Crippen LogP contribution is 2.17. The fourth-order valence-corrected chi connectivity index (χ4v) is 1.98. The van der Waals surface area contributed by atoms with Crippen molar-refractivity contribution in [1.29, 1.82) is 0 Å². The van der Waals surface area contributed by atoms with Crippen molar-refractivity contribution in [2.24, 2.45) is 0 Å². The van der Waals surface area contributed by atoms with Crippen molar-refractivity contribution in [3.63, 3.8) is 0 Å². The van der Waals surface area contributed by atoms with E-state index in [1.54, 1.807) is 19.3 Å². The number of aromatic nitrogens is 3. The minimum absolute atomic E-state index is 0.262. The van der Waals surface area contributed by atoms with Gasteiger partial charge in [-0.1, -0.05) is 12.1 Å². The van der Waals surface area contributed by atoms with Gasteiger partial charge in [0.15, 0.2) is 0 Å². The summed E-state index contributed by atoms with van der Waals surface area (Å²) >= 11 is 0. The Labute approximate surface area is 115 Å². The van der Waals surface area contributed by atoms with Crippen molar-refractivity contribution < 1.29 is 4.79 Å². The average molecular weight is 267 g/mol. The normalized spacial score (nSPS) is 10.4. The third kappa shape index (κ3) is 2.18. The lowest BCUT2D eigenvalue weighted by Crippen LogP contribution is -2.15. The highest BCUT2D eigenvalue weighted by molar-refractivity contribution is 6.07. The number of pyridine rings is 1. The van der Waals surface area contributed by atoms with E-state index in [0.29, 0.717) is 17.2 Å². The quantitative estimate of drug-likeness (QED) is 0.679. The average Bonchev–Trinajstić information content (AvgIpc) is 2.89. The van der Waals surface area contributed by atoms with Crippen LogP contribution in [0.1, 0.15) is 10.4 Å². The molecule has 0 radical (unpaired) electrons. The van der Waals surface area contributed by atoms with E-state index in [0.717, 1.165) is 11.0 Å². The van der Waals surface area contributed by atoms with E-state index < -0.39 is 0 Å². The van der Waals surface area contributed by atoms with Gasteiger partial charge in [-0.05, 0) is 18.2 Å². The number of para-hydroxylation sites is 2. The van der Waals surface area contributed by atoms with Gasteiger partial charge in [0.2, 0.25) is 5.95 Å². The molecule has 20 heavy (non-hydrogen) atoms. The van der Waals surface area contributed by atoms with Gasteiger partial charge in [0.05, 0.1) is 16.6 Å². The first-order valence-corrected chi connectivity index (χ1v) is 6.16. The standard InChI is InChI=1S/C14H13N5O/c1-15-10-6-7-16-8-9(10)13(20)19-14-17-11-4-2-3-5-12(11)18-14/h2-8H,1H3,(H,15,16)(H2,17,18,19,20). The molecule has 6 heteroatoms. The molecular weight excluding hydrogens is 254 g/mol. The summed E-state index contributed by atoms with van der Waals surface area (Å²) in [5.74, 6) is 0.156. The number of hydrogen-bond donors (Lipinski definition) is 3. The smallest absolute Gasteiger partial charge is 0.261 e. The summed E-state index contributed by atoms with van der Waals surface area (Å²) in [6, 6.07) is 9.33. The summed E-state index contributed by atoms with van der Waals surface area (Å²) in [7, 11) is 1.76. The topological polar surface area (TPSA) is 82.7 Å². The monoisotopic (exact) mass is 267 g/mol. The molecule has 0 saturated heterocycles. The zero-order valence-electron chi connectivity index (χ0n) is 10.8. The fraction of sp³-hybridized carbons (Fsp3) is 0.0714. The Balaban J connectivity index is 1.88. The van der Waals surface area contributed by atoms with E-state index in [9.17, 15) is 4.79 Å². The molecule has 2 heterocycles. The van der Waals surface area contributed by atoms with Crippen LogP contribution in [-0.4, -0.2) is 27.9 Å². The molecule has 3 aromatic rings. The lowest BCUT2D eigenvalue weighted by molar-refractivity contribution is 0.102. The van der Waals surface area contributed by atoms with Crippen molar-refractivity contribution in [3.8, 4) is 0 Å². The Hall–Kier alpha value is -2.89. The van der Waals surface area contributed by atoms with Crippen LogP contribution in [-0.2, 0) is 0 Å². The molecule has 3 rings (SSSR count). The van der Waals surface area contributed by atoms with Crippen LogP contribution in [0.25, 0.3) is 11.0 Å². The Morgan fingerprint density at radius 2 is 2.10 bits per heavy atom. The van der Waals surface area contributed by atoms with Gasteiger partial charge in [-0.3, -0.25) is 15.1 Å². The zero-order chi connectivity index (χ0) is 13.9. The number of carbonyl (C=O) groups excluding carboxylic acids is 1. The van der Waals surface area contributed by atoms with Gasteiger partial charge in [-0.25, -0.2) is 4.98 Å². The number of anilines is 2. The van der Waals surface area contributed by atoms with Crippen LogP contribution >= 0.6 is 0 Å². The molecule has 1 aromatic carbocycles. The number of fused-ring (bicyclic) bond motifs is 1. The molecule has 0 aliphatic heterocycles. The van der Waals surface area contributed by atoms with E-state index in [1.165, 1.54) is 6.20 Å². The summed E-state index contributed by atoms with van der Waals surface area (Å²) in [6.07, 6.45) is 3.15. The number of imidazole rings is 1. The fourth-order valence-electron chi connectivity index (χ4n) is 1.98. The second kappa shape index (κ2) is 5.00. The molecule has 0 unspecified atom stereocenters. The Kier molecular flexibility index (Phi) is 3.04. The molecule has 0 aliphatic carbocycles. The van der Waals surface area contributed by atoms with Gasteiger partial charge in [-0.15, -0.1) is 0 Å². The number of rotatable bonds is 3. The number of nitrogens with one attached hydrogen (secondary N) is 3. The molecule has 1 amide bonds. The summed E-state index contributed by atoms with van der Waals surface area (Å²) in [5.41, 5.74) is 2.87. The number of aromatic amines is 1. The van der Waals surface area contributed by atoms with Gasteiger partial charge in [-0.2, -0.15) is 0 Å². The van der Waals surface area contributed by atoms with E-state index in [1.807, 2.05) is 24.3 Å². The van der Waals surface area contributed by atoms with Gasteiger partial charge >= 0.3 is 0 Å². The van der Waals surface area contributed by atoms with Gasteiger partial charge in [0, 0.05) is 25.1 Å². The third-order valence-electron chi connectivity index (χ3n) is 2.96. The molecule has 0 atom stereocenters. The predicted molar refractivity (Wildman–Crippen MR) is 77.8 cm³/mol. The number of benzene rings is 1. The van der Waals surface area contributed by atoms with Crippen molar-refractivity contribution in [2.45, 2.75) is 0 Å². The minimum Gasteiger partial charge on any atom is -0.387 e. The summed E-state index contributed by atoms with van der Waals surface area (Å²) in [5, 5.41) is 5.69. The maximum Gasteiger partial charge on any atom is 0.261 e. The van der Waals surface area contributed by atoms with Gasteiger partial charge in [0.1, 0.15) is 0 Å². The van der Waals surface area contributed by atoms with Gasteiger partial charge < -0.3 is 10.3 Å². The Bertz CT molecular complexity index is 732. The van der Waals surface area contributed by atoms with Crippen molar-refractivity contribution in [3.05, 3.63) is 48.3 Å². The van der Waals surface area contributed by atoms with Crippen LogP contribution in [0.3, 0.4) is 0 Å². The minimum atomic E-state index is -0.262. The van der Waals surface area contributed by atoms with Crippen molar-refractivity contribution >= 4 is 28.6 Å². The first-order chi connectivity index (χ1) is 9.78. The van der Waals surface area contributed by atoms with Crippen LogP contribution in [0.4, 0.5) is 11.6 Å². The first-order valence-electron chi connectivity index (χ1n) is 6.16. The van der Waals surface area contributed by atoms with Crippen LogP contribution in [0.2, 0.25) is 0 Å². The first kappa shape index (κ1) is 12.2. The molecule has 0 saturated carbocycles. The highest BCUT2D eigenvalue weighted by Gasteiger charge is 2.12. The molecular formula is C14H13N5O. The molecule has 2 aromatic heterocycles. The Morgan fingerprint density at radius 1 is 1.25 bits per heavy atom.